The number of carbonyl (C=O) groups is 1. The van der Waals surface area contributed by atoms with Gasteiger partial charge < -0.3 is 20.2 Å². The van der Waals surface area contributed by atoms with Gasteiger partial charge in [0.2, 0.25) is 11.1 Å². The van der Waals surface area contributed by atoms with E-state index in [-0.39, 0.29) is 18.6 Å². The Morgan fingerprint density at radius 2 is 1.68 bits per heavy atom. The maximum absolute atomic E-state index is 13.3. The monoisotopic (exact) mass is 473 g/mol. The molecule has 0 radical (unpaired) electrons. The van der Waals surface area contributed by atoms with Gasteiger partial charge in [0.15, 0.2) is 5.82 Å². The molecule has 2 N–H and O–H groups in total. The summed E-state index contributed by atoms with van der Waals surface area (Å²) in [6.45, 7) is 0.237. The van der Waals surface area contributed by atoms with Crippen LogP contribution in [0.3, 0.4) is 0 Å². The van der Waals surface area contributed by atoms with E-state index in [0.717, 1.165) is 22.7 Å². The molecule has 0 bridgehead atoms. The van der Waals surface area contributed by atoms with E-state index in [1.54, 1.807) is 11.8 Å². The standard InChI is InChI=1S/C25H23N5O3S/c1-32-19-14-12-17(13-15-19)22-23(24(31)26-18-8-4-2-5-9-18)34-25-28-27-21(30(25)29-22)16-33-20-10-6-3-7-11-20/h2-15,22-23,29H,16H2,1H3,(H,26,31)/t22-,23+/m0/s1. The van der Waals surface area contributed by atoms with Crippen molar-refractivity contribution in [3.63, 3.8) is 0 Å². The van der Waals surface area contributed by atoms with Gasteiger partial charge in [-0.15, -0.1) is 10.2 Å². The molecule has 8 nitrogen and oxygen atoms in total. The predicted octanol–water partition coefficient (Wildman–Crippen LogP) is 4.26. The summed E-state index contributed by atoms with van der Waals surface area (Å²) in [6.07, 6.45) is 0. The molecule has 0 saturated heterocycles. The summed E-state index contributed by atoms with van der Waals surface area (Å²) in [7, 11) is 1.63. The zero-order chi connectivity index (χ0) is 23.3. The topological polar surface area (TPSA) is 90.3 Å². The summed E-state index contributed by atoms with van der Waals surface area (Å²) < 4.78 is 13.0. The first-order chi connectivity index (χ1) is 16.7. The number of fused-ring (bicyclic) bond motifs is 1. The number of thioether (sulfide) groups is 1. The average Bonchev–Trinajstić information content (AvgIpc) is 3.30. The molecule has 172 valence electrons. The van der Waals surface area contributed by atoms with Gasteiger partial charge in [-0.05, 0) is 42.0 Å². The summed E-state index contributed by atoms with van der Waals surface area (Å²) in [5, 5.41) is 11.7. The number of amides is 1. The number of nitrogens with one attached hydrogen (secondary N) is 2. The molecule has 9 heteroatoms. The fourth-order valence-corrected chi connectivity index (χ4v) is 4.75. The van der Waals surface area contributed by atoms with Crippen LogP contribution in [0.5, 0.6) is 11.5 Å². The normalized spacial score (nSPS) is 16.7. The number of aromatic nitrogens is 3. The number of methoxy groups -OCH3 is 1. The lowest BCUT2D eigenvalue weighted by Gasteiger charge is -2.33. The number of para-hydroxylation sites is 2. The van der Waals surface area contributed by atoms with E-state index in [2.05, 4.69) is 20.9 Å². The zero-order valence-corrected chi connectivity index (χ0v) is 19.2. The zero-order valence-electron chi connectivity index (χ0n) is 18.4. The molecule has 2 heterocycles. The van der Waals surface area contributed by atoms with Crippen LogP contribution in [0.1, 0.15) is 17.4 Å². The summed E-state index contributed by atoms with van der Waals surface area (Å²) >= 11 is 1.37. The lowest BCUT2D eigenvalue weighted by atomic mass is 10.0. The highest BCUT2D eigenvalue weighted by Gasteiger charge is 2.38. The molecule has 0 aliphatic carbocycles. The van der Waals surface area contributed by atoms with Crippen LogP contribution in [-0.2, 0) is 11.4 Å². The Morgan fingerprint density at radius 1 is 0.971 bits per heavy atom. The van der Waals surface area contributed by atoms with Crippen LogP contribution >= 0.6 is 11.8 Å². The van der Waals surface area contributed by atoms with Crippen molar-refractivity contribution in [3.8, 4) is 11.5 Å². The Labute approximate surface area is 201 Å². The summed E-state index contributed by atoms with van der Waals surface area (Å²) in [4.78, 5) is 13.3. The molecule has 1 aliphatic rings. The molecule has 3 aromatic carbocycles. The van der Waals surface area contributed by atoms with E-state index >= 15 is 0 Å². The van der Waals surface area contributed by atoms with E-state index in [1.165, 1.54) is 11.8 Å². The van der Waals surface area contributed by atoms with Gasteiger partial charge in [0, 0.05) is 5.69 Å². The number of carbonyl (C=O) groups excluding carboxylic acids is 1. The Balaban J connectivity index is 1.42. The number of benzene rings is 3. The molecule has 34 heavy (non-hydrogen) atoms. The third-order valence-electron chi connectivity index (χ3n) is 5.39. The van der Waals surface area contributed by atoms with Crippen LogP contribution in [0.15, 0.2) is 90.1 Å². The minimum Gasteiger partial charge on any atom is -0.497 e. The third kappa shape index (κ3) is 4.69. The lowest BCUT2D eigenvalue weighted by Crippen LogP contribution is -2.41. The molecule has 0 saturated carbocycles. The van der Waals surface area contributed by atoms with Crippen molar-refractivity contribution < 1.29 is 14.3 Å². The van der Waals surface area contributed by atoms with Crippen LogP contribution in [0.25, 0.3) is 0 Å². The van der Waals surface area contributed by atoms with E-state index in [0.29, 0.717) is 11.0 Å². The Morgan fingerprint density at radius 3 is 2.38 bits per heavy atom. The maximum atomic E-state index is 13.3. The first-order valence-electron chi connectivity index (χ1n) is 10.8. The largest absolute Gasteiger partial charge is 0.497 e. The second-order valence-corrected chi connectivity index (χ2v) is 8.72. The van der Waals surface area contributed by atoms with Crippen molar-refractivity contribution in [3.05, 3.63) is 96.3 Å². The first kappa shape index (κ1) is 21.8. The lowest BCUT2D eigenvalue weighted by molar-refractivity contribution is -0.116. The van der Waals surface area contributed by atoms with E-state index < -0.39 is 5.25 Å². The highest BCUT2D eigenvalue weighted by atomic mass is 32.2. The van der Waals surface area contributed by atoms with Crippen molar-refractivity contribution >= 4 is 23.4 Å². The molecule has 0 unspecified atom stereocenters. The van der Waals surface area contributed by atoms with Gasteiger partial charge in [0.1, 0.15) is 23.4 Å². The number of hydrogen-bond donors (Lipinski definition) is 2. The molecule has 0 spiro atoms. The number of anilines is 1. The molecule has 1 aliphatic heterocycles. The van der Waals surface area contributed by atoms with Crippen LogP contribution in [-0.4, -0.2) is 33.1 Å². The van der Waals surface area contributed by atoms with E-state index in [9.17, 15) is 4.79 Å². The van der Waals surface area contributed by atoms with Crippen molar-refractivity contribution in [1.29, 1.82) is 0 Å². The van der Waals surface area contributed by atoms with Gasteiger partial charge in [-0.25, -0.2) is 4.68 Å². The highest BCUT2D eigenvalue weighted by Crippen LogP contribution is 2.38. The minimum atomic E-state index is -0.479. The van der Waals surface area contributed by atoms with E-state index in [4.69, 9.17) is 9.47 Å². The first-order valence-corrected chi connectivity index (χ1v) is 11.6. The average molecular weight is 474 g/mol. The fraction of sp³-hybridized carbons (Fsp3) is 0.160. The maximum Gasteiger partial charge on any atom is 0.240 e. The van der Waals surface area contributed by atoms with Crippen LogP contribution in [0.2, 0.25) is 0 Å². The third-order valence-corrected chi connectivity index (χ3v) is 6.60. The second kappa shape index (κ2) is 9.88. The van der Waals surface area contributed by atoms with Crippen LogP contribution in [0, 0.1) is 0 Å². The Hall–Kier alpha value is -3.98. The molecular weight excluding hydrogens is 450 g/mol. The molecular formula is C25H23N5O3S. The summed E-state index contributed by atoms with van der Waals surface area (Å²) in [6, 6.07) is 26.3. The van der Waals surface area contributed by atoms with Crippen molar-refractivity contribution in [2.75, 3.05) is 17.9 Å². The minimum absolute atomic E-state index is 0.124. The van der Waals surface area contributed by atoms with E-state index in [1.807, 2.05) is 84.9 Å². The van der Waals surface area contributed by atoms with Crippen LogP contribution in [0.4, 0.5) is 5.69 Å². The summed E-state index contributed by atoms with van der Waals surface area (Å²) in [5.41, 5.74) is 5.12. The van der Waals surface area contributed by atoms with Gasteiger partial charge in [-0.1, -0.05) is 60.3 Å². The van der Waals surface area contributed by atoms with Crippen LogP contribution < -0.4 is 20.2 Å². The van der Waals surface area contributed by atoms with Gasteiger partial charge in [-0.2, -0.15) is 0 Å². The number of rotatable bonds is 7. The SMILES string of the molecule is COc1ccc([C@@H]2Nn3c(COc4ccccc4)nnc3S[C@H]2C(=O)Nc2ccccc2)cc1. The second-order valence-electron chi connectivity index (χ2n) is 7.61. The Kier molecular flexibility index (Phi) is 6.35. The van der Waals surface area contributed by atoms with Gasteiger partial charge >= 0.3 is 0 Å². The highest BCUT2D eigenvalue weighted by molar-refractivity contribution is 8.00. The molecule has 2 atom stereocenters. The fourth-order valence-electron chi connectivity index (χ4n) is 3.65. The quantitative estimate of drug-likeness (QED) is 0.414. The van der Waals surface area contributed by atoms with Crippen molar-refractivity contribution in [1.82, 2.24) is 14.9 Å². The molecule has 0 fully saturated rings. The number of nitrogens with zero attached hydrogens (tertiary/aromatic N) is 3. The van der Waals surface area contributed by atoms with Crippen molar-refractivity contribution in [2.45, 2.75) is 23.1 Å². The van der Waals surface area contributed by atoms with Crippen molar-refractivity contribution in [2.24, 2.45) is 0 Å². The number of hydrogen-bond acceptors (Lipinski definition) is 7. The number of ether oxygens (including phenoxy) is 2. The molecule has 1 aromatic heterocycles. The van der Waals surface area contributed by atoms with Gasteiger partial charge in [0.05, 0.1) is 13.2 Å². The van der Waals surface area contributed by atoms with Gasteiger partial charge in [-0.3, -0.25) is 4.79 Å². The molecule has 1 amide bonds. The molecule has 4 aromatic rings. The predicted molar refractivity (Wildman–Crippen MR) is 131 cm³/mol. The molecule has 5 rings (SSSR count). The smallest absolute Gasteiger partial charge is 0.240 e. The van der Waals surface area contributed by atoms with Gasteiger partial charge in [0.25, 0.3) is 0 Å². The summed E-state index contributed by atoms with van der Waals surface area (Å²) in [5.74, 6) is 1.99. The Bertz CT molecular complexity index is 1250.